The van der Waals surface area contributed by atoms with E-state index < -0.39 is 0 Å². The maximum Gasteiger partial charge on any atom is 0.127 e. The van der Waals surface area contributed by atoms with E-state index in [1.165, 1.54) is 11.1 Å². The molecule has 0 bridgehead atoms. The van der Waals surface area contributed by atoms with E-state index in [4.69, 9.17) is 10.5 Å². The van der Waals surface area contributed by atoms with Gasteiger partial charge in [0.2, 0.25) is 0 Å². The fourth-order valence-electron chi connectivity index (χ4n) is 1.87. The lowest BCUT2D eigenvalue weighted by atomic mass is 9.84. The van der Waals surface area contributed by atoms with Crippen molar-refractivity contribution < 1.29 is 4.74 Å². The molecule has 0 aliphatic rings. The lowest BCUT2D eigenvalue weighted by Crippen LogP contribution is -2.16. The third-order valence-corrected chi connectivity index (χ3v) is 2.63. The fraction of sp³-hybridized carbons (Fsp3) is 0.571. The fourth-order valence-corrected chi connectivity index (χ4v) is 1.87. The van der Waals surface area contributed by atoms with Crippen LogP contribution >= 0.6 is 0 Å². The third kappa shape index (κ3) is 2.76. The van der Waals surface area contributed by atoms with E-state index in [9.17, 15) is 0 Å². The topological polar surface area (TPSA) is 35.2 Å². The van der Waals surface area contributed by atoms with Crippen molar-refractivity contribution in [2.75, 3.05) is 6.61 Å². The zero-order valence-electron chi connectivity index (χ0n) is 11.1. The van der Waals surface area contributed by atoms with Gasteiger partial charge in [-0.15, -0.1) is 0 Å². The molecule has 0 saturated carbocycles. The van der Waals surface area contributed by atoms with Crippen molar-refractivity contribution in [1.29, 1.82) is 0 Å². The average molecular weight is 221 g/mol. The molecule has 0 amide bonds. The molecule has 16 heavy (non-hydrogen) atoms. The smallest absolute Gasteiger partial charge is 0.127 e. The molecule has 0 aliphatic heterocycles. The Labute approximate surface area is 98.8 Å². The SMILES string of the molecule is CCOc1c(CN)cc(C)cc1C(C)(C)C. The van der Waals surface area contributed by atoms with Crippen LogP contribution in [0.3, 0.4) is 0 Å². The summed E-state index contributed by atoms with van der Waals surface area (Å²) in [5.41, 5.74) is 9.46. The molecule has 0 unspecified atom stereocenters. The van der Waals surface area contributed by atoms with Gasteiger partial charge in [0, 0.05) is 17.7 Å². The summed E-state index contributed by atoms with van der Waals surface area (Å²) in [6, 6.07) is 4.31. The van der Waals surface area contributed by atoms with Gasteiger partial charge in [0.15, 0.2) is 0 Å². The van der Waals surface area contributed by atoms with Crippen LogP contribution in [0.25, 0.3) is 0 Å². The van der Waals surface area contributed by atoms with Crippen LogP contribution in [0.15, 0.2) is 12.1 Å². The van der Waals surface area contributed by atoms with Gasteiger partial charge < -0.3 is 10.5 Å². The number of nitrogens with two attached hydrogens (primary N) is 1. The highest BCUT2D eigenvalue weighted by Crippen LogP contribution is 2.35. The van der Waals surface area contributed by atoms with Crippen LogP contribution in [0, 0.1) is 6.92 Å². The Morgan fingerprint density at radius 1 is 1.25 bits per heavy atom. The second kappa shape index (κ2) is 4.88. The second-order valence-corrected chi connectivity index (χ2v) is 5.19. The van der Waals surface area contributed by atoms with Gasteiger partial charge >= 0.3 is 0 Å². The highest BCUT2D eigenvalue weighted by molar-refractivity contribution is 5.47. The standard InChI is InChI=1S/C14H23NO/c1-6-16-13-11(9-15)7-10(2)8-12(13)14(3,4)5/h7-8H,6,9,15H2,1-5H3. The van der Waals surface area contributed by atoms with Gasteiger partial charge in [0.1, 0.15) is 5.75 Å². The van der Waals surface area contributed by atoms with Gasteiger partial charge in [0.05, 0.1) is 6.61 Å². The summed E-state index contributed by atoms with van der Waals surface area (Å²) >= 11 is 0. The first-order valence-electron chi connectivity index (χ1n) is 5.87. The zero-order valence-corrected chi connectivity index (χ0v) is 11.1. The molecular formula is C14H23NO. The minimum absolute atomic E-state index is 0.0838. The Morgan fingerprint density at radius 3 is 2.31 bits per heavy atom. The molecule has 0 heterocycles. The zero-order chi connectivity index (χ0) is 12.3. The molecule has 2 N–H and O–H groups in total. The first-order valence-corrected chi connectivity index (χ1v) is 5.87. The number of hydrogen-bond donors (Lipinski definition) is 1. The molecule has 0 atom stereocenters. The molecular weight excluding hydrogens is 198 g/mol. The maximum atomic E-state index is 5.78. The summed E-state index contributed by atoms with van der Waals surface area (Å²) in [6.07, 6.45) is 0. The average Bonchev–Trinajstić information content (AvgIpc) is 2.18. The summed E-state index contributed by atoms with van der Waals surface area (Å²) in [5.74, 6) is 0.975. The Kier molecular flexibility index (Phi) is 3.98. The van der Waals surface area contributed by atoms with Crippen LogP contribution in [0.1, 0.15) is 44.4 Å². The Morgan fingerprint density at radius 2 is 1.88 bits per heavy atom. The van der Waals surface area contributed by atoms with Crippen molar-refractivity contribution in [3.05, 3.63) is 28.8 Å². The van der Waals surface area contributed by atoms with E-state index in [1.807, 2.05) is 6.92 Å². The van der Waals surface area contributed by atoms with Crippen molar-refractivity contribution in [2.45, 2.75) is 46.6 Å². The second-order valence-electron chi connectivity index (χ2n) is 5.19. The van der Waals surface area contributed by atoms with Crippen molar-refractivity contribution in [3.63, 3.8) is 0 Å². The van der Waals surface area contributed by atoms with Crippen molar-refractivity contribution in [3.8, 4) is 5.75 Å². The number of hydrogen-bond acceptors (Lipinski definition) is 2. The van der Waals surface area contributed by atoms with Crippen molar-refractivity contribution >= 4 is 0 Å². The molecule has 2 heteroatoms. The summed E-state index contributed by atoms with van der Waals surface area (Å²) in [6.45, 7) is 11.9. The molecule has 1 rings (SSSR count). The van der Waals surface area contributed by atoms with Gasteiger partial charge in [0.25, 0.3) is 0 Å². The summed E-state index contributed by atoms with van der Waals surface area (Å²) in [5, 5.41) is 0. The number of benzene rings is 1. The summed E-state index contributed by atoms with van der Waals surface area (Å²) in [4.78, 5) is 0. The lowest BCUT2D eigenvalue weighted by molar-refractivity contribution is 0.326. The predicted molar refractivity (Wildman–Crippen MR) is 68.9 cm³/mol. The predicted octanol–water partition coefficient (Wildman–Crippen LogP) is 3.15. The maximum absolute atomic E-state index is 5.78. The number of ether oxygens (including phenoxy) is 1. The van der Waals surface area contributed by atoms with Crippen LogP contribution in [0.2, 0.25) is 0 Å². The van der Waals surface area contributed by atoms with Gasteiger partial charge in [-0.25, -0.2) is 0 Å². The highest BCUT2D eigenvalue weighted by Gasteiger charge is 2.21. The molecule has 0 aromatic heterocycles. The first kappa shape index (κ1) is 13.0. The van der Waals surface area contributed by atoms with Crippen LogP contribution in [0.5, 0.6) is 5.75 Å². The van der Waals surface area contributed by atoms with Crippen molar-refractivity contribution in [1.82, 2.24) is 0 Å². The molecule has 0 radical (unpaired) electrons. The molecule has 2 nitrogen and oxygen atoms in total. The Hall–Kier alpha value is -1.02. The third-order valence-electron chi connectivity index (χ3n) is 2.63. The molecule has 0 aliphatic carbocycles. The monoisotopic (exact) mass is 221 g/mol. The van der Waals surface area contributed by atoms with Gasteiger partial charge in [-0.3, -0.25) is 0 Å². The minimum atomic E-state index is 0.0838. The minimum Gasteiger partial charge on any atom is -0.493 e. The van der Waals surface area contributed by atoms with E-state index in [-0.39, 0.29) is 5.41 Å². The van der Waals surface area contributed by atoms with Crippen LogP contribution in [-0.4, -0.2) is 6.61 Å². The molecule has 0 saturated heterocycles. The largest absolute Gasteiger partial charge is 0.493 e. The molecule has 1 aromatic carbocycles. The Balaban J connectivity index is 3.38. The Bertz CT molecular complexity index is 364. The summed E-state index contributed by atoms with van der Waals surface area (Å²) < 4.78 is 5.76. The molecule has 0 fully saturated rings. The number of rotatable bonds is 3. The van der Waals surface area contributed by atoms with E-state index in [1.54, 1.807) is 0 Å². The quantitative estimate of drug-likeness (QED) is 0.851. The summed E-state index contributed by atoms with van der Waals surface area (Å²) in [7, 11) is 0. The molecule has 90 valence electrons. The highest BCUT2D eigenvalue weighted by atomic mass is 16.5. The van der Waals surface area contributed by atoms with Gasteiger partial charge in [-0.1, -0.05) is 38.5 Å². The molecule has 0 spiro atoms. The number of aryl methyl sites for hydroxylation is 1. The van der Waals surface area contributed by atoms with Crippen LogP contribution in [0.4, 0.5) is 0 Å². The first-order chi connectivity index (χ1) is 7.40. The van der Waals surface area contributed by atoms with E-state index >= 15 is 0 Å². The van der Waals surface area contributed by atoms with Crippen LogP contribution < -0.4 is 10.5 Å². The normalized spacial score (nSPS) is 11.6. The van der Waals surface area contributed by atoms with Crippen molar-refractivity contribution in [2.24, 2.45) is 5.73 Å². The van der Waals surface area contributed by atoms with E-state index in [2.05, 4.69) is 39.8 Å². The molecule has 1 aromatic rings. The van der Waals surface area contributed by atoms with Crippen LogP contribution in [-0.2, 0) is 12.0 Å². The van der Waals surface area contributed by atoms with E-state index in [0.29, 0.717) is 13.2 Å². The lowest BCUT2D eigenvalue weighted by Gasteiger charge is -2.25. The van der Waals surface area contributed by atoms with E-state index in [0.717, 1.165) is 11.3 Å². The van der Waals surface area contributed by atoms with Gasteiger partial charge in [-0.05, 0) is 19.3 Å². The van der Waals surface area contributed by atoms with Gasteiger partial charge in [-0.2, -0.15) is 0 Å².